The van der Waals surface area contributed by atoms with Gasteiger partial charge in [-0.25, -0.2) is 9.18 Å². The molecule has 0 spiro atoms. The van der Waals surface area contributed by atoms with E-state index in [1.54, 1.807) is 23.7 Å². The molecule has 0 bridgehead atoms. The fraction of sp³-hybridized carbons (Fsp3) is 0.375. The summed E-state index contributed by atoms with van der Waals surface area (Å²) in [5.41, 5.74) is 0.663. The first-order valence-electron chi connectivity index (χ1n) is 7.97. The molecule has 3 heterocycles. The van der Waals surface area contributed by atoms with Crippen LogP contribution in [-0.2, 0) is 4.79 Å². The summed E-state index contributed by atoms with van der Waals surface area (Å²) in [7, 11) is 1.63. The fourth-order valence-electron chi connectivity index (χ4n) is 3.49. The average molecular weight is 344 g/mol. The summed E-state index contributed by atoms with van der Waals surface area (Å²) < 4.78 is 15.0. The van der Waals surface area contributed by atoms with Gasteiger partial charge in [0.2, 0.25) is 5.95 Å². The van der Waals surface area contributed by atoms with Crippen LogP contribution in [0.15, 0.2) is 24.3 Å². The predicted molar refractivity (Wildman–Crippen MR) is 87.2 cm³/mol. The molecule has 0 aliphatic carbocycles. The van der Waals surface area contributed by atoms with Crippen molar-refractivity contribution in [2.45, 2.75) is 32.1 Å². The van der Waals surface area contributed by atoms with E-state index in [-0.39, 0.29) is 17.8 Å². The Morgan fingerprint density at radius 1 is 1.16 bits per heavy atom. The number of nitrogens with zero attached hydrogens (tertiary/aromatic N) is 5. The molecule has 1 aromatic carbocycles. The zero-order valence-corrected chi connectivity index (χ0v) is 14.0. The van der Waals surface area contributed by atoms with Crippen molar-refractivity contribution < 1.29 is 14.0 Å². The van der Waals surface area contributed by atoms with Gasteiger partial charge < -0.3 is 9.80 Å². The Kier molecular flexibility index (Phi) is 3.28. The number of imide groups is 1. The Morgan fingerprint density at radius 2 is 1.84 bits per heavy atom. The standard InChI is InChI=1S/C16H17FN6O2/c1-8(2)22-11-13(24)18-16(25)21(3)14(11)23-12(19-20-15(22)23)9-4-6-10(17)7-5-9/h4-8,11,14H,1-3H3,(H,18,24,25). The molecule has 8 nitrogen and oxygen atoms in total. The van der Waals surface area contributed by atoms with Crippen molar-refractivity contribution in [1.82, 2.24) is 25.0 Å². The molecular formula is C16H17FN6O2. The maximum Gasteiger partial charge on any atom is 0.325 e. The largest absolute Gasteiger partial charge is 0.325 e. The first kappa shape index (κ1) is 15.6. The number of hydrogen-bond donors (Lipinski definition) is 1. The van der Waals surface area contributed by atoms with E-state index in [0.717, 1.165) is 0 Å². The normalized spacial score (nSPS) is 22.3. The van der Waals surface area contributed by atoms with Gasteiger partial charge in [0.25, 0.3) is 5.91 Å². The molecule has 0 saturated carbocycles. The second-order valence-electron chi connectivity index (χ2n) is 6.47. The van der Waals surface area contributed by atoms with Crippen LogP contribution in [-0.4, -0.2) is 50.7 Å². The number of rotatable bonds is 2. The van der Waals surface area contributed by atoms with E-state index in [1.165, 1.54) is 17.0 Å². The molecule has 2 atom stereocenters. The first-order chi connectivity index (χ1) is 11.9. The van der Waals surface area contributed by atoms with Gasteiger partial charge in [-0.1, -0.05) is 0 Å². The molecule has 130 valence electrons. The van der Waals surface area contributed by atoms with Crippen LogP contribution in [0.25, 0.3) is 11.4 Å². The SMILES string of the molecule is CC(C)N1c2nnc(-c3ccc(F)cc3)n2C2C1C(=O)NC(=O)N2C. The Morgan fingerprint density at radius 3 is 2.48 bits per heavy atom. The van der Waals surface area contributed by atoms with Gasteiger partial charge in [0.05, 0.1) is 0 Å². The number of urea groups is 1. The van der Waals surface area contributed by atoms with E-state index >= 15 is 0 Å². The van der Waals surface area contributed by atoms with Crippen molar-refractivity contribution in [3.8, 4) is 11.4 Å². The van der Waals surface area contributed by atoms with Gasteiger partial charge in [-0.05, 0) is 38.1 Å². The van der Waals surface area contributed by atoms with Crippen LogP contribution in [0.5, 0.6) is 0 Å². The number of benzene rings is 1. The molecule has 3 amide bonds. The highest BCUT2D eigenvalue weighted by molar-refractivity contribution is 6.02. The lowest BCUT2D eigenvalue weighted by molar-refractivity contribution is -0.125. The Hall–Kier alpha value is -2.97. The van der Waals surface area contributed by atoms with Crippen LogP contribution < -0.4 is 10.2 Å². The fourth-order valence-corrected chi connectivity index (χ4v) is 3.49. The highest BCUT2D eigenvalue weighted by Gasteiger charge is 2.53. The van der Waals surface area contributed by atoms with Gasteiger partial charge in [-0.2, -0.15) is 0 Å². The van der Waals surface area contributed by atoms with Crippen LogP contribution in [0.2, 0.25) is 0 Å². The third-order valence-electron chi connectivity index (χ3n) is 4.63. The molecule has 2 aliphatic heterocycles. The number of hydrogen-bond acceptors (Lipinski definition) is 5. The average Bonchev–Trinajstić information content (AvgIpc) is 3.11. The van der Waals surface area contributed by atoms with E-state index in [9.17, 15) is 14.0 Å². The summed E-state index contributed by atoms with van der Waals surface area (Å²) in [5.74, 6) is 0.289. The number of likely N-dealkylation sites (N-methyl/N-ethyl adjacent to an activating group) is 1. The summed E-state index contributed by atoms with van der Waals surface area (Å²) in [6.07, 6.45) is -0.561. The zero-order chi connectivity index (χ0) is 17.9. The van der Waals surface area contributed by atoms with E-state index in [4.69, 9.17) is 0 Å². The van der Waals surface area contributed by atoms with Gasteiger partial charge in [0.1, 0.15) is 12.0 Å². The van der Waals surface area contributed by atoms with E-state index in [1.807, 2.05) is 18.7 Å². The molecule has 4 rings (SSSR count). The number of carbonyl (C=O) groups excluding carboxylic acids is 2. The lowest BCUT2D eigenvalue weighted by Crippen LogP contribution is -2.62. The number of halogens is 1. The molecule has 1 fully saturated rings. The number of fused-ring (bicyclic) bond motifs is 3. The monoisotopic (exact) mass is 344 g/mol. The zero-order valence-electron chi connectivity index (χ0n) is 14.0. The summed E-state index contributed by atoms with van der Waals surface area (Å²) >= 11 is 0. The van der Waals surface area contributed by atoms with Gasteiger partial charge in [-0.3, -0.25) is 14.7 Å². The summed E-state index contributed by atoms with van der Waals surface area (Å²) in [5, 5.41) is 10.8. The van der Waals surface area contributed by atoms with Crippen LogP contribution in [0.4, 0.5) is 15.1 Å². The van der Waals surface area contributed by atoms with Crippen molar-refractivity contribution in [3.05, 3.63) is 30.1 Å². The second-order valence-corrected chi connectivity index (χ2v) is 6.47. The molecule has 2 unspecified atom stereocenters. The highest BCUT2D eigenvalue weighted by Crippen LogP contribution is 2.41. The molecule has 1 aromatic heterocycles. The van der Waals surface area contributed by atoms with Gasteiger partial charge in [0.15, 0.2) is 11.9 Å². The van der Waals surface area contributed by atoms with Gasteiger partial charge >= 0.3 is 6.03 Å². The van der Waals surface area contributed by atoms with Crippen molar-refractivity contribution in [1.29, 1.82) is 0 Å². The molecule has 2 aliphatic rings. The topological polar surface area (TPSA) is 83.4 Å². The summed E-state index contributed by atoms with van der Waals surface area (Å²) in [4.78, 5) is 27.9. The Labute approximate surface area is 143 Å². The molecule has 2 aromatic rings. The molecule has 25 heavy (non-hydrogen) atoms. The highest BCUT2D eigenvalue weighted by atomic mass is 19.1. The summed E-state index contributed by atoms with van der Waals surface area (Å²) in [6, 6.07) is 4.80. The number of nitrogens with one attached hydrogen (secondary N) is 1. The van der Waals surface area contributed by atoms with Crippen LogP contribution in [0.1, 0.15) is 20.0 Å². The van der Waals surface area contributed by atoms with Crippen molar-refractivity contribution >= 4 is 17.9 Å². The van der Waals surface area contributed by atoms with Crippen LogP contribution in [0.3, 0.4) is 0 Å². The third kappa shape index (κ3) is 2.11. The molecule has 1 saturated heterocycles. The number of anilines is 1. The Balaban J connectivity index is 1.90. The number of aromatic nitrogens is 3. The quantitative estimate of drug-likeness (QED) is 0.889. The van der Waals surface area contributed by atoms with Gasteiger partial charge in [-0.15, -0.1) is 10.2 Å². The molecule has 0 radical (unpaired) electrons. The lowest BCUT2D eigenvalue weighted by Gasteiger charge is -2.38. The predicted octanol–water partition coefficient (Wildman–Crippen LogP) is 1.36. The molecule has 1 N–H and O–H groups in total. The van der Waals surface area contributed by atoms with Crippen LogP contribution in [0, 0.1) is 5.82 Å². The van der Waals surface area contributed by atoms with E-state index in [0.29, 0.717) is 17.3 Å². The van der Waals surface area contributed by atoms with E-state index < -0.39 is 18.2 Å². The van der Waals surface area contributed by atoms with E-state index in [2.05, 4.69) is 15.5 Å². The second kappa shape index (κ2) is 5.27. The smallest absolute Gasteiger partial charge is 0.322 e. The maximum absolute atomic E-state index is 13.2. The molecular weight excluding hydrogens is 327 g/mol. The number of carbonyl (C=O) groups is 2. The van der Waals surface area contributed by atoms with Crippen molar-refractivity contribution in [2.24, 2.45) is 0 Å². The number of amides is 3. The third-order valence-corrected chi connectivity index (χ3v) is 4.63. The molecule has 9 heteroatoms. The lowest BCUT2D eigenvalue weighted by atomic mass is 10.1. The minimum Gasteiger partial charge on any atom is -0.322 e. The summed E-state index contributed by atoms with van der Waals surface area (Å²) in [6.45, 7) is 3.89. The minimum atomic E-state index is -0.590. The first-order valence-corrected chi connectivity index (χ1v) is 7.97. The van der Waals surface area contributed by atoms with Crippen molar-refractivity contribution in [3.63, 3.8) is 0 Å². The van der Waals surface area contributed by atoms with Gasteiger partial charge in [0, 0.05) is 18.7 Å². The van der Waals surface area contributed by atoms with Crippen LogP contribution >= 0.6 is 0 Å². The minimum absolute atomic E-state index is 0.0219. The van der Waals surface area contributed by atoms with Crippen molar-refractivity contribution in [2.75, 3.05) is 11.9 Å². The Bertz CT molecular complexity index is 862. The maximum atomic E-state index is 13.2.